The Hall–Kier alpha value is -5.24. The van der Waals surface area contributed by atoms with Crippen LogP contribution >= 0.6 is 11.3 Å². The number of amides is 2. The van der Waals surface area contributed by atoms with Crippen molar-refractivity contribution in [1.29, 1.82) is 0 Å². The minimum absolute atomic E-state index is 0.0510. The van der Waals surface area contributed by atoms with E-state index in [9.17, 15) is 24.5 Å². The summed E-state index contributed by atoms with van der Waals surface area (Å²) in [4.78, 5) is 54.6. The summed E-state index contributed by atoms with van der Waals surface area (Å²) in [7, 11) is 1.44. The largest absolute Gasteiger partial charge is 0.493 e. The van der Waals surface area contributed by atoms with E-state index in [-0.39, 0.29) is 66.8 Å². The van der Waals surface area contributed by atoms with Gasteiger partial charge in [-0.05, 0) is 36.8 Å². The number of nitro groups is 1. The van der Waals surface area contributed by atoms with Crippen LogP contribution in [0.2, 0.25) is 0 Å². The van der Waals surface area contributed by atoms with Crippen molar-refractivity contribution in [2.75, 3.05) is 26.9 Å². The van der Waals surface area contributed by atoms with Crippen LogP contribution in [0.1, 0.15) is 73.1 Å². The lowest BCUT2D eigenvalue weighted by Gasteiger charge is -2.22. The van der Waals surface area contributed by atoms with E-state index >= 15 is 0 Å². The number of aryl methyl sites for hydroxylation is 1. The molecule has 0 aliphatic carbocycles. The number of hydrogen-bond acceptors (Lipinski definition) is 11. The molecule has 0 aliphatic rings. The van der Waals surface area contributed by atoms with Gasteiger partial charge >= 0.3 is 12.1 Å². The van der Waals surface area contributed by atoms with Gasteiger partial charge in [0.15, 0.2) is 11.5 Å². The van der Waals surface area contributed by atoms with E-state index in [1.165, 1.54) is 42.7 Å². The Morgan fingerprint density at radius 1 is 1.00 bits per heavy atom. The second-order valence-electron chi connectivity index (χ2n) is 13.0. The number of hydrogen-bond donors (Lipinski definition) is 2. The van der Waals surface area contributed by atoms with E-state index in [4.69, 9.17) is 18.9 Å². The Morgan fingerprint density at radius 3 is 2.36 bits per heavy atom. The molecule has 4 atom stereocenters. The van der Waals surface area contributed by atoms with E-state index in [2.05, 4.69) is 28.8 Å². The average Bonchev–Trinajstić information content (AvgIpc) is 3.62. The third-order valence-electron chi connectivity index (χ3n) is 8.47. The van der Waals surface area contributed by atoms with Gasteiger partial charge in [0, 0.05) is 35.4 Å². The fraction of sp³-hybridized carbons (Fsp3) is 0.436. The van der Waals surface area contributed by atoms with Gasteiger partial charge in [0.2, 0.25) is 0 Å². The van der Waals surface area contributed by atoms with E-state index in [0.717, 1.165) is 10.6 Å². The van der Waals surface area contributed by atoms with Crippen molar-refractivity contribution >= 4 is 35.0 Å². The fourth-order valence-electron chi connectivity index (χ4n) is 5.56. The van der Waals surface area contributed by atoms with Crippen LogP contribution in [0.15, 0.2) is 73.2 Å². The first-order valence-electron chi connectivity index (χ1n) is 17.5. The van der Waals surface area contributed by atoms with Crippen LogP contribution in [0.4, 0.5) is 10.5 Å². The maximum Gasteiger partial charge on any atom is 0.407 e. The molecule has 1 aromatic heterocycles. The SMILES string of the molecule is C=CCOC(=O)[C@@H](C)C[C@H](Cc1ccccc1)NC(=O)c1csc(CC[C@@H](NC(=O)OCC(C)c2cc(OC)c(OCC=C)cc2[N+](=O)[O-])C(C)C)n1. The third kappa shape index (κ3) is 13.4. The highest BCUT2D eigenvalue weighted by Crippen LogP contribution is 2.38. The first-order valence-corrected chi connectivity index (χ1v) is 18.3. The quantitative estimate of drug-likeness (QED) is 0.0463. The Labute approximate surface area is 314 Å². The number of carbonyl (C=O) groups excluding carboxylic acids is 3. The predicted octanol–water partition coefficient (Wildman–Crippen LogP) is 7.21. The van der Waals surface area contributed by atoms with Crippen molar-refractivity contribution < 1.29 is 38.3 Å². The number of aromatic nitrogens is 1. The number of nitrogens with one attached hydrogen (secondary N) is 2. The summed E-state index contributed by atoms with van der Waals surface area (Å²) in [6, 6.07) is 11.9. The Morgan fingerprint density at radius 2 is 1.72 bits per heavy atom. The Bertz CT molecular complexity index is 1700. The highest BCUT2D eigenvalue weighted by atomic mass is 32.1. The summed E-state index contributed by atoms with van der Waals surface area (Å²) in [6.07, 6.45) is 4.33. The van der Waals surface area contributed by atoms with Gasteiger partial charge in [0.25, 0.3) is 11.6 Å². The van der Waals surface area contributed by atoms with Crippen LogP contribution < -0.4 is 20.1 Å². The van der Waals surface area contributed by atoms with Gasteiger partial charge in [0.05, 0.1) is 29.0 Å². The number of rotatable bonds is 22. The predicted molar refractivity (Wildman–Crippen MR) is 204 cm³/mol. The number of methoxy groups -OCH3 is 1. The molecule has 1 heterocycles. The van der Waals surface area contributed by atoms with Crippen LogP contribution in [0.25, 0.3) is 0 Å². The Balaban J connectivity index is 1.59. The lowest BCUT2D eigenvalue weighted by atomic mass is 9.96. The molecule has 0 fully saturated rings. The second kappa shape index (κ2) is 21.3. The molecule has 3 aromatic rings. The monoisotopic (exact) mass is 750 g/mol. The van der Waals surface area contributed by atoms with Crippen molar-refractivity contribution in [3.63, 3.8) is 0 Å². The van der Waals surface area contributed by atoms with Crippen molar-refractivity contribution in [3.05, 3.63) is 105 Å². The minimum Gasteiger partial charge on any atom is -0.493 e. The number of ether oxygens (including phenoxy) is 4. The topological polar surface area (TPSA) is 168 Å². The molecule has 53 heavy (non-hydrogen) atoms. The lowest BCUT2D eigenvalue weighted by molar-refractivity contribution is -0.385. The molecule has 2 N–H and O–H groups in total. The maximum absolute atomic E-state index is 13.3. The van der Waals surface area contributed by atoms with Crippen molar-refractivity contribution in [1.82, 2.24) is 15.6 Å². The molecule has 286 valence electrons. The highest BCUT2D eigenvalue weighted by Gasteiger charge is 2.26. The van der Waals surface area contributed by atoms with Crippen LogP contribution in [0.5, 0.6) is 11.5 Å². The number of esters is 1. The Kier molecular flexibility index (Phi) is 17.0. The molecule has 0 saturated carbocycles. The fourth-order valence-corrected chi connectivity index (χ4v) is 6.36. The molecule has 0 saturated heterocycles. The average molecular weight is 751 g/mol. The molecule has 0 radical (unpaired) electrons. The summed E-state index contributed by atoms with van der Waals surface area (Å²) in [5.41, 5.74) is 1.46. The van der Waals surface area contributed by atoms with Crippen LogP contribution in [0.3, 0.4) is 0 Å². The van der Waals surface area contributed by atoms with Crippen molar-refractivity contribution in [2.24, 2.45) is 11.8 Å². The number of nitrogens with zero attached hydrogens (tertiary/aromatic N) is 2. The highest BCUT2D eigenvalue weighted by molar-refractivity contribution is 7.09. The third-order valence-corrected chi connectivity index (χ3v) is 9.38. The first kappa shape index (κ1) is 42.2. The molecular formula is C39H50N4O9S. The van der Waals surface area contributed by atoms with Gasteiger partial charge in [0.1, 0.15) is 25.5 Å². The van der Waals surface area contributed by atoms with Crippen molar-refractivity contribution in [3.8, 4) is 11.5 Å². The number of carbonyl (C=O) groups is 3. The van der Waals surface area contributed by atoms with Gasteiger partial charge < -0.3 is 29.6 Å². The number of thiazole rings is 1. The smallest absolute Gasteiger partial charge is 0.407 e. The molecule has 3 rings (SSSR count). The zero-order valence-electron chi connectivity index (χ0n) is 31.0. The van der Waals surface area contributed by atoms with Gasteiger partial charge in [-0.1, -0.05) is 83.3 Å². The number of benzene rings is 2. The molecule has 2 amide bonds. The van der Waals surface area contributed by atoms with Gasteiger partial charge in [-0.15, -0.1) is 11.3 Å². The zero-order chi connectivity index (χ0) is 38.9. The van der Waals surface area contributed by atoms with E-state index < -0.39 is 22.9 Å². The molecular weight excluding hydrogens is 701 g/mol. The molecule has 0 bridgehead atoms. The summed E-state index contributed by atoms with van der Waals surface area (Å²) >= 11 is 1.35. The summed E-state index contributed by atoms with van der Waals surface area (Å²) in [5, 5.41) is 20.3. The van der Waals surface area contributed by atoms with E-state index in [1.54, 1.807) is 19.2 Å². The number of nitro benzene ring substituents is 1. The maximum atomic E-state index is 13.3. The summed E-state index contributed by atoms with van der Waals surface area (Å²) < 4.78 is 21.6. The van der Waals surface area contributed by atoms with Gasteiger partial charge in [-0.2, -0.15) is 0 Å². The van der Waals surface area contributed by atoms with E-state index in [1.807, 2.05) is 44.2 Å². The zero-order valence-corrected chi connectivity index (χ0v) is 31.8. The summed E-state index contributed by atoms with van der Waals surface area (Å²) in [5.74, 6) is -1.09. The minimum atomic E-state index is -0.651. The molecule has 0 spiro atoms. The van der Waals surface area contributed by atoms with Crippen molar-refractivity contribution in [2.45, 2.75) is 71.4 Å². The molecule has 13 nitrogen and oxygen atoms in total. The van der Waals surface area contributed by atoms with Crippen LogP contribution in [0, 0.1) is 22.0 Å². The summed E-state index contributed by atoms with van der Waals surface area (Å²) in [6.45, 7) is 14.8. The van der Waals surface area contributed by atoms with Crippen LogP contribution in [-0.4, -0.2) is 66.9 Å². The van der Waals surface area contributed by atoms with Gasteiger partial charge in [-0.25, -0.2) is 9.78 Å². The second-order valence-corrected chi connectivity index (χ2v) is 13.9. The molecule has 2 aromatic carbocycles. The molecule has 0 aliphatic heterocycles. The van der Waals surface area contributed by atoms with Crippen LogP contribution in [-0.2, 0) is 27.1 Å². The normalized spacial score (nSPS) is 13.2. The van der Waals surface area contributed by atoms with Gasteiger partial charge in [-0.3, -0.25) is 19.7 Å². The standard InChI is InChI=1S/C39H50N4O9S/c1-8-17-50-35-22-33(43(47)48)30(21-34(35)49-7)27(6)23-52-39(46)42-31(25(3)4)15-16-36-41-32(24-53-36)37(44)40-29(20-28-13-11-10-12-14-28)19-26(5)38(45)51-18-9-2/h8-14,21-22,24-27,29,31H,1-2,15-20,23H2,3-7H3,(H,40,44)(H,42,46)/t26-,27?,29+,31+/m0/s1. The number of alkyl carbamates (subject to hydrolysis) is 1. The first-order chi connectivity index (χ1) is 25.4. The molecule has 1 unspecified atom stereocenters. The molecule has 14 heteroatoms. The lowest BCUT2D eigenvalue weighted by Crippen LogP contribution is -2.39. The van der Waals surface area contributed by atoms with E-state index in [0.29, 0.717) is 37.0 Å².